The molecule has 1 aliphatic rings. The fourth-order valence-electron chi connectivity index (χ4n) is 4.00. The SMILES string of the molecule is CC(C)c1cc(C(=O)N2CCN(CC(=O)NCc3ccccc3)CC2)c2ccccc2n1. The van der Waals surface area contributed by atoms with Gasteiger partial charge in [0.25, 0.3) is 5.91 Å². The molecule has 6 heteroatoms. The summed E-state index contributed by atoms with van der Waals surface area (Å²) in [5, 5.41) is 3.87. The van der Waals surface area contributed by atoms with E-state index in [0.29, 0.717) is 44.8 Å². The van der Waals surface area contributed by atoms with Gasteiger partial charge in [-0.3, -0.25) is 19.5 Å². The number of hydrogen-bond acceptors (Lipinski definition) is 4. The fraction of sp³-hybridized carbons (Fsp3) is 0.346. The van der Waals surface area contributed by atoms with Crippen LogP contribution in [0.2, 0.25) is 0 Å². The van der Waals surface area contributed by atoms with Crippen LogP contribution in [0, 0.1) is 0 Å². The largest absolute Gasteiger partial charge is 0.351 e. The third-order valence-electron chi connectivity index (χ3n) is 5.92. The molecule has 166 valence electrons. The zero-order chi connectivity index (χ0) is 22.5. The molecule has 2 aromatic carbocycles. The second kappa shape index (κ2) is 9.92. The number of hydrogen-bond donors (Lipinski definition) is 1. The van der Waals surface area contributed by atoms with Crippen LogP contribution in [0.15, 0.2) is 60.7 Å². The summed E-state index contributed by atoms with van der Waals surface area (Å²) in [6, 6.07) is 19.7. The van der Waals surface area contributed by atoms with E-state index in [-0.39, 0.29) is 17.7 Å². The van der Waals surface area contributed by atoms with Gasteiger partial charge >= 0.3 is 0 Å². The van der Waals surface area contributed by atoms with Gasteiger partial charge in [0.1, 0.15) is 0 Å². The van der Waals surface area contributed by atoms with Crippen molar-refractivity contribution in [3.63, 3.8) is 0 Å². The number of para-hydroxylation sites is 1. The standard InChI is InChI=1S/C26H30N4O2/c1-19(2)24-16-22(21-10-6-7-11-23(21)28-24)26(32)30-14-12-29(13-15-30)18-25(31)27-17-20-8-4-3-5-9-20/h3-11,16,19H,12-15,17-18H2,1-2H3,(H,27,31). The monoisotopic (exact) mass is 430 g/mol. The summed E-state index contributed by atoms with van der Waals surface area (Å²) < 4.78 is 0. The molecule has 32 heavy (non-hydrogen) atoms. The highest BCUT2D eigenvalue weighted by atomic mass is 16.2. The molecule has 4 rings (SSSR count). The number of rotatable bonds is 6. The van der Waals surface area contributed by atoms with Crippen LogP contribution in [0.25, 0.3) is 10.9 Å². The van der Waals surface area contributed by atoms with E-state index in [2.05, 4.69) is 24.1 Å². The van der Waals surface area contributed by atoms with E-state index in [1.165, 1.54) is 0 Å². The first-order valence-corrected chi connectivity index (χ1v) is 11.2. The van der Waals surface area contributed by atoms with Gasteiger partial charge in [-0.15, -0.1) is 0 Å². The van der Waals surface area contributed by atoms with E-state index >= 15 is 0 Å². The van der Waals surface area contributed by atoms with Crippen LogP contribution in [-0.4, -0.2) is 59.3 Å². The number of nitrogens with one attached hydrogen (secondary N) is 1. The van der Waals surface area contributed by atoms with E-state index in [9.17, 15) is 9.59 Å². The van der Waals surface area contributed by atoms with Crippen LogP contribution in [0.4, 0.5) is 0 Å². The number of amides is 2. The lowest BCUT2D eigenvalue weighted by Gasteiger charge is -2.34. The van der Waals surface area contributed by atoms with Crippen molar-refractivity contribution in [3.8, 4) is 0 Å². The molecule has 1 aromatic heterocycles. The van der Waals surface area contributed by atoms with Gasteiger partial charge in [-0.05, 0) is 23.6 Å². The molecule has 0 aliphatic carbocycles. The van der Waals surface area contributed by atoms with Crippen molar-refractivity contribution in [2.75, 3.05) is 32.7 Å². The van der Waals surface area contributed by atoms with Crippen LogP contribution in [0.3, 0.4) is 0 Å². The lowest BCUT2D eigenvalue weighted by Crippen LogP contribution is -2.51. The number of fused-ring (bicyclic) bond motifs is 1. The Morgan fingerprint density at radius 3 is 2.38 bits per heavy atom. The van der Waals surface area contributed by atoms with Crippen molar-refractivity contribution in [1.29, 1.82) is 0 Å². The normalized spacial score (nSPS) is 14.7. The highest BCUT2D eigenvalue weighted by molar-refractivity contribution is 6.06. The van der Waals surface area contributed by atoms with E-state index in [1.807, 2.05) is 65.6 Å². The van der Waals surface area contributed by atoms with Gasteiger partial charge in [-0.25, -0.2) is 0 Å². The smallest absolute Gasteiger partial charge is 0.254 e. The molecule has 0 saturated carbocycles. The fourth-order valence-corrected chi connectivity index (χ4v) is 4.00. The van der Waals surface area contributed by atoms with Crippen molar-refractivity contribution in [1.82, 2.24) is 20.1 Å². The minimum atomic E-state index is 0.00957. The van der Waals surface area contributed by atoms with Gasteiger partial charge in [0.2, 0.25) is 5.91 Å². The van der Waals surface area contributed by atoms with Gasteiger partial charge in [0.05, 0.1) is 17.6 Å². The first kappa shape index (κ1) is 22.0. The van der Waals surface area contributed by atoms with Crippen LogP contribution in [0.5, 0.6) is 0 Å². The molecule has 1 fully saturated rings. The van der Waals surface area contributed by atoms with Crippen molar-refractivity contribution in [3.05, 3.63) is 77.5 Å². The zero-order valence-electron chi connectivity index (χ0n) is 18.8. The highest BCUT2D eigenvalue weighted by Crippen LogP contribution is 2.24. The maximum atomic E-state index is 13.4. The van der Waals surface area contributed by atoms with Crippen molar-refractivity contribution < 1.29 is 9.59 Å². The topological polar surface area (TPSA) is 65.5 Å². The van der Waals surface area contributed by atoms with Crippen molar-refractivity contribution in [2.24, 2.45) is 0 Å². The highest BCUT2D eigenvalue weighted by Gasteiger charge is 2.25. The third kappa shape index (κ3) is 5.14. The summed E-state index contributed by atoms with van der Waals surface area (Å²) in [7, 11) is 0. The summed E-state index contributed by atoms with van der Waals surface area (Å²) in [4.78, 5) is 34.4. The summed E-state index contributed by atoms with van der Waals surface area (Å²) in [6.45, 7) is 7.65. The quantitative estimate of drug-likeness (QED) is 0.651. The van der Waals surface area contributed by atoms with Crippen LogP contribution in [-0.2, 0) is 11.3 Å². The molecule has 0 spiro atoms. The summed E-state index contributed by atoms with van der Waals surface area (Å²) >= 11 is 0. The molecule has 0 bridgehead atoms. The molecule has 6 nitrogen and oxygen atoms in total. The maximum absolute atomic E-state index is 13.4. The second-order valence-electron chi connectivity index (χ2n) is 8.60. The van der Waals surface area contributed by atoms with Crippen LogP contribution in [0.1, 0.15) is 41.4 Å². The number of nitrogens with zero attached hydrogens (tertiary/aromatic N) is 3. The molecular formula is C26H30N4O2. The van der Waals surface area contributed by atoms with Crippen molar-refractivity contribution in [2.45, 2.75) is 26.3 Å². The first-order chi connectivity index (χ1) is 15.5. The Morgan fingerprint density at radius 2 is 1.66 bits per heavy atom. The van der Waals surface area contributed by atoms with Gasteiger partial charge in [0.15, 0.2) is 0 Å². The number of aromatic nitrogens is 1. The average molecular weight is 431 g/mol. The lowest BCUT2D eigenvalue weighted by atomic mass is 10.0. The molecule has 3 aromatic rings. The molecule has 0 radical (unpaired) electrons. The predicted octanol–water partition coefficient (Wildman–Crippen LogP) is 3.43. The Hall–Kier alpha value is -3.25. The molecule has 1 N–H and O–H groups in total. The summed E-state index contributed by atoms with van der Waals surface area (Å²) in [6.07, 6.45) is 0. The van der Waals surface area contributed by atoms with E-state index in [4.69, 9.17) is 4.98 Å². The van der Waals surface area contributed by atoms with Crippen LogP contribution >= 0.6 is 0 Å². The summed E-state index contributed by atoms with van der Waals surface area (Å²) in [5.41, 5.74) is 3.59. The Balaban J connectivity index is 1.36. The zero-order valence-corrected chi connectivity index (χ0v) is 18.8. The Labute approximate surface area is 189 Å². The minimum Gasteiger partial charge on any atom is -0.351 e. The molecule has 1 aliphatic heterocycles. The molecule has 0 atom stereocenters. The van der Waals surface area contributed by atoms with E-state index in [0.717, 1.165) is 22.2 Å². The summed E-state index contributed by atoms with van der Waals surface area (Å²) in [5.74, 6) is 0.298. The molecule has 1 saturated heterocycles. The number of piperazine rings is 1. The molecule has 0 unspecified atom stereocenters. The number of pyridine rings is 1. The first-order valence-electron chi connectivity index (χ1n) is 11.2. The van der Waals surface area contributed by atoms with Crippen molar-refractivity contribution >= 4 is 22.7 Å². The van der Waals surface area contributed by atoms with Gasteiger partial charge in [-0.1, -0.05) is 62.4 Å². The molecule has 2 heterocycles. The Bertz CT molecular complexity index is 1090. The van der Waals surface area contributed by atoms with E-state index in [1.54, 1.807) is 0 Å². The van der Waals surface area contributed by atoms with Crippen LogP contribution < -0.4 is 5.32 Å². The van der Waals surface area contributed by atoms with E-state index < -0.39 is 0 Å². The number of benzene rings is 2. The van der Waals surface area contributed by atoms with Gasteiger partial charge in [0, 0.05) is 43.8 Å². The number of carbonyl (C=O) groups excluding carboxylic acids is 2. The Morgan fingerprint density at radius 1 is 0.969 bits per heavy atom. The lowest BCUT2D eigenvalue weighted by molar-refractivity contribution is -0.122. The van der Waals surface area contributed by atoms with Gasteiger partial charge < -0.3 is 10.2 Å². The average Bonchev–Trinajstić information content (AvgIpc) is 2.82. The van der Waals surface area contributed by atoms with Gasteiger partial charge in [-0.2, -0.15) is 0 Å². The molecule has 2 amide bonds. The third-order valence-corrected chi connectivity index (χ3v) is 5.92. The minimum absolute atomic E-state index is 0.00957. The maximum Gasteiger partial charge on any atom is 0.254 e. The second-order valence-corrected chi connectivity index (χ2v) is 8.60. The predicted molar refractivity (Wildman–Crippen MR) is 126 cm³/mol. The number of carbonyl (C=O) groups is 2. The Kier molecular flexibility index (Phi) is 6.81. The molecular weight excluding hydrogens is 400 g/mol.